The minimum absolute atomic E-state index is 0. The van der Waals surface area contributed by atoms with Crippen LogP contribution < -0.4 is 5.10 Å². The van der Waals surface area contributed by atoms with Gasteiger partial charge in [0.1, 0.15) is 23.2 Å². The molecule has 0 aliphatic carbocycles. The van der Waals surface area contributed by atoms with Gasteiger partial charge in [-0.1, -0.05) is 107 Å². The average molecular weight is 1160 g/mol. The second kappa shape index (κ2) is 26.2. The molecule has 0 atom stereocenters. The third kappa shape index (κ3) is 17.5. The number of aryl methyl sites for hydroxylation is 2. The van der Waals surface area contributed by atoms with Crippen LogP contribution in [-0.2, 0) is 37.1 Å². The Labute approximate surface area is 434 Å². The molecule has 0 unspecified atom stereocenters. The van der Waals surface area contributed by atoms with Gasteiger partial charge in [0.25, 0.3) is 0 Å². The fourth-order valence-corrected chi connectivity index (χ4v) is 5.61. The van der Waals surface area contributed by atoms with E-state index in [2.05, 4.69) is 139 Å². The normalized spacial score (nSPS) is 10.8. The number of aromatic nitrogens is 17. The third-order valence-electron chi connectivity index (χ3n) is 9.21. The van der Waals surface area contributed by atoms with Crippen LogP contribution in [0.5, 0.6) is 0 Å². The topological polar surface area (TPSA) is 223 Å². The van der Waals surface area contributed by atoms with Crippen molar-refractivity contribution in [1.82, 2.24) is 85.2 Å². The molecule has 0 saturated carbocycles. The number of nitrogens with one attached hydrogen (secondary N) is 1. The van der Waals surface area contributed by atoms with Crippen LogP contribution in [0.1, 0.15) is 70.7 Å². The van der Waals surface area contributed by atoms with E-state index in [1.165, 1.54) is 12.3 Å². The predicted molar refractivity (Wildman–Crippen MR) is 264 cm³/mol. The quantitative estimate of drug-likeness (QED) is 0.158. The average Bonchev–Trinajstić information content (AvgIpc) is 4.12. The molecule has 17 nitrogen and oxygen atoms in total. The van der Waals surface area contributed by atoms with Gasteiger partial charge in [0.15, 0.2) is 5.82 Å². The van der Waals surface area contributed by atoms with Crippen molar-refractivity contribution in [3.63, 3.8) is 0 Å². The van der Waals surface area contributed by atoms with Crippen LogP contribution in [-0.4, -0.2) is 80.1 Å². The zero-order valence-electron chi connectivity index (χ0n) is 41.0. The van der Waals surface area contributed by atoms with Crippen molar-refractivity contribution in [2.45, 2.75) is 72.4 Å². The minimum Gasteiger partial charge on any atom is -0.420 e. The summed E-state index contributed by atoms with van der Waals surface area (Å²) in [5.41, 5.74) is 5.16. The Morgan fingerprint density at radius 3 is 1.32 bits per heavy atom. The predicted octanol–water partition coefficient (Wildman–Crippen LogP) is 9.81. The van der Waals surface area contributed by atoms with Crippen LogP contribution in [0.15, 0.2) is 147 Å². The fraction of sp³-hybridized carbons (Fsp3) is 0.212. The zero-order valence-corrected chi connectivity index (χ0v) is 43.4. The maximum atomic E-state index is 12.3. The molecule has 0 aromatic carbocycles. The van der Waals surface area contributed by atoms with Gasteiger partial charge in [-0.25, -0.2) is 27.1 Å². The summed E-state index contributed by atoms with van der Waals surface area (Å²) < 4.78 is 37.0. The maximum Gasteiger partial charge on any atom is 3.00 e. The van der Waals surface area contributed by atoms with Gasteiger partial charge in [-0.05, 0) is 74.3 Å². The molecular weight excluding hydrogens is 1110 g/mol. The largest absolute Gasteiger partial charge is 3.00 e. The van der Waals surface area contributed by atoms with Crippen molar-refractivity contribution in [1.29, 1.82) is 0 Å². The van der Waals surface area contributed by atoms with Gasteiger partial charge in [-0.2, -0.15) is 18.3 Å². The van der Waals surface area contributed by atoms with Crippen LogP contribution in [0.3, 0.4) is 0 Å². The summed E-state index contributed by atoms with van der Waals surface area (Å²) >= 11 is 0. The number of halogens is 3. The van der Waals surface area contributed by atoms with E-state index < -0.39 is 12.0 Å². The summed E-state index contributed by atoms with van der Waals surface area (Å²) in [4.78, 5) is 52.4. The second-order valence-corrected chi connectivity index (χ2v) is 17.1. The zero-order chi connectivity index (χ0) is 51.6. The molecule has 0 amide bonds. The Balaban J connectivity index is 0.000000169. The van der Waals surface area contributed by atoms with E-state index in [0.717, 1.165) is 63.7 Å². The molecule has 1 N–H and O–H groups in total. The molecule has 10 rings (SSSR count). The number of rotatable bonds is 5. The number of alkyl halides is 3. The molecule has 10 aromatic heterocycles. The van der Waals surface area contributed by atoms with Crippen molar-refractivity contribution < 1.29 is 33.3 Å². The van der Waals surface area contributed by atoms with Crippen molar-refractivity contribution in [2.75, 3.05) is 0 Å². The minimum atomic E-state index is -4.54. The van der Waals surface area contributed by atoms with Gasteiger partial charge < -0.3 is 20.1 Å². The van der Waals surface area contributed by atoms with Crippen LogP contribution in [0.4, 0.5) is 13.2 Å². The molecule has 372 valence electrons. The Morgan fingerprint density at radius 2 is 0.918 bits per heavy atom. The molecule has 21 heteroatoms. The van der Waals surface area contributed by atoms with Gasteiger partial charge in [0.2, 0.25) is 5.82 Å². The summed E-state index contributed by atoms with van der Waals surface area (Å²) in [7, 11) is 0. The van der Waals surface area contributed by atoms with Crippen LogP contribution in [0.25, 0.3) is 57.2 Å². The molecule has 0 spiro atoms. The summed E-state index contributed by atoms with van der Waals surface area (Å²) in [5, 5.41) is 15.2. The molecule has 0 bridgehead atoms. The van der Waals surface area contributed by atoms with E-state index >= 15 is 0 Å². The first-order chi connectivity index (χ1) is 34.4. The Bertz CT molecular complexity index is 3000. The van der Waals surface area contributed by atoms with Gasteiger partial charge in [0.05, 0.1) is 17.1 Å². The Morgan fingerprint density at radius 1 is 0.452 bits per heavy atom. The maximum absolute atomic E-state index is 12.3. The van der Waals surface area contributed by atoms with Gasteiger partial charge >= 0.3 is 26.3 Å². The molecule has 0 aliphatic rings. The standard InChI is InChI=1S/C11H14N4.C11H13N4.C10H6F3N3.2C10H8N3.Ir/c2*1-11(2,3)10-13-9(14-15-10)8-6-4-5-7-12-8;11-10(12,13)9-15-6-4-8(16-9)7-3-1-2-5-14-7;2*1-8-11-7-5-10(13-8)9-4-2-3-6-12-9;/h4-7H,1-3H3,(H,13,14,15);4-7H,1-3H3;1-6H;2*2-4,6-7H,1H3;/q;-1;;2*-1;+3. The van der Waals surface area contributed by atoms with Gasteiger partial charge in [0, 0.05) is 53.8 Å². The molecule has 0 aliphatic heterocycles. The van der Waals surface area contributed by atoms with E-state index in [1.807, 2.05) is 86.6 Å². The number of nitrogens with zero attached hydrogens (tertiary/aromatic N) is 16. The number of hydrogen-bond donors (Lipinski definition) is 1. The van der Waals surface area contributed by atoms with E-state index in [9.17, 15) is 13.2 Å². The molecular formula is C52H49F3IrN17. The van der Waals surface area contributed by atoms with Gasteiger partial charge in [-0.3, -0.25) is 45.1 Å². The van der Waals surface area contributed by atoms with Crippen molar-refractivity contribution in [3.8, 4) is 57.2 Å². The van der Waals surface area contributed by atoms with Crippen molar-refractivity contribution in [3.05, 3.63) is 188 Å². The molecule has 10 aromatic rings. The third-order valence-corrected chi connectivity index (χ3v) is 9.21. The van der Waals surface area contributed by atoms with Gasteiger partial charge in [-0.15, -0.1) is 12.1 Å². The van der Waals surface area contributed by atoms with Crippen molar-refractivity contribution >= 4 is 0 Å². The van der Waals surface area contributed by atoms with Crippen LogP contribution in [0.2, 0.25) is 0 Å². The van der Waals surface area contributed by atoms with E-state index in [0.29, 0.717) is 17.3 Å². The van der Waals surface area contributed by atoms with Crippen molar-refractivity contribution in [2.24, 2.45) is 0 Å². The number of pyridine rings is 5. The monoisotopic (exact) mass is 1160 g/mol. The smallest absolute Gasteiger partial charge is 0.420 e. The summed E-state index contributed by atoms with van der Waals surface area (Å²) in [6, 6.07) is 35.0. The molecule has 0 fully saturated rings. The number of aromatic amines is 1. The first-order valence-electron chi connectivity index (χ1n) is 22.1. The van der Waals surface area contributed by atoms with E-state index in [4.69, 9.17) is 0 Å². The van der Waals surface area contributed by atoms with E-state index in [1.54, 1.807) is 55.4 Å². The second-order valence-electron chi connectivity index (χ2n) is 17.1. The van der Waals surface area contributed by atoms with Crippen LogP contribution in [0, 0.1) is 26.0 Å². The summed E-state index contributed by atoms with van der Waals surface area (Å²) in [5.74, 6) is 3.20. The molecule has 73 heavy (non-hydrogen) atoms. The number of H-pyrrole nitrogens is 1. The molecule has 0 radical (unpaired) electrons. The SMILES string of the molecule is CC(C)(C)c1n[n-]c(-c2ccccn2)n1.CC(C)(C)c1nc(-c2ccccn2)n[nH]1.Cc1nc[c-]c(-c2ccccn2)n1.Cc1nc[c-]c(-c2ccccn2)n1.FC(F)(F)c1nccc(-c2ccccn2)n1.[Ir+3]. The fourth-order valence-electron chi connectivity index (χ4n) is 5.61. The Kier molecular flexibility index (Phi) is 20.0. The van der Waals surface area contributed by atoms with E-state index in [-0.39, 0.29) is 36.6 Å². The number of hydrogen-bond acceptors (Lipinski definition) is 15. The van der Waals surface area contributed by atoms with Crippen LogP contribution >= 0.6 is 0 Å². The first-order valence-corrected chi connectivity index (χ1v) is 22.1. The first kappa shape index (κ1) is 55.6. The Hall–Kier alpha value is -8.29. The summed E-state index contributed by atoms with van der Waals surface area (Å²) in [6.07, 6.45) is 8.19. The molecule has 10 heterocycles. The molecule has 0 saturated heterocycles. The summed E-state index contributed by atoms with van der Waals surface area (Å²) in [6.45, 7) is 16.2.